The lowest BCUT2D eigenvalue weighted by Crippen LogP contribution is -2.23. The zero-order valence-electron chi connectivity index (χ0n) is 17.6. The number of rotatable bonds is 5. The molecule has 0 amide bonds. The molecule has 1 aromatic carbocycles. The average Bonchev–Trinajstić information content (AvgIpc) is 3.18. The van der Waals surface area contributed by atoms with Crippen LogP contribution >= 0.6 is 0 Å². The SMILES string of the molecule is Cc1cccc(-n2nnn(C)c2=O)c1COc1cccc(-c2c(C)nn(C)c2C)n1. The van der Waals surface area contributed by atoms with E-state index in [1.165, 1.54) is 9.36 Å². The third kappa shape index (κ3) is 3.38. The molecular formula is C21H23N7O2. The molecule has 0 fully saturated rings. The number of nitrogens with zero attached hydrogens (tertiary/aromatic N) is 7. The molecule has 0 saturated carbocycles. The molecule has 9 nitrogen and oxygen atoms in total. The number of aryl methyl sites for hydroxylation is 4. The van der Waals surface area contributed by atoms with Gasteiger partial charge in [0.05, 0.1) is 17.1 Å². The van der Waals surface area contributed by atoms with Gasteiger partial charge in [0.15, 0.2) is 0 Å². The van der Waals surface area contributed by atoms with Crippen LogP contribution in [-0.2, 0) is 20.7 Å². The second-order valence-electron chi connectivity index (χ2n) is 7.19. The Morgan fingerprint density at radius 1 is 0.967 bits per heavy atom. The summed E-state index contributed by atoms with van der Waals surface area (Å²) in [7, 11) is 3.48. The molecule has 0 aliphatic carbocycles. The topological polar surface area (TPSA) is 92.6 Å². The third-order valence-corrected chi connectivity index (χ3v) is 5.19. The van der Waals surface area contributed by atoms with E-state index in [0.717, 1.165) is 33.8 Å². The van der Waals surface area contributed by atoms with Gasteiger partial charge in [-0.15, -0.1) is 0 Å². The maximum atomic E-state index is 12.3. The Bertz CT molecular complexity index is 1280. The van der Waals surface area contributed by atoms with E-state index in [9.17, 15) is 4.79 Å². The van der Waals surface area contributed by atoms with Gasteiger partial charge in [-0.25, -0.2) is 9.78 Å². The zero-order valence-corrected chi connectivity index (χ0v) is 17.6. The number of pyridine rings is 1. The highest BCUT2D eigenvalue weighted by atomic mass is 16.5. The van der Waals surface area contributed by atoms with E-state index >= 15 is 0 Å². The van der Waals surface area contributed by atoms with Crippen molar-refractivity contribution >= 4 is 0 Å². The van der Waals surface area contributed by atoms with Crippen molar-refractivity contribution in [1.29, 1.82) is 0 Å². The Morgan fingerprint density at radius 2 is 1.73 bits per heavy atom. The fraction of sp³-hybridized carbons (Fsp3) is 0.286. The van der Waals surface area contributed by atoms with Gasteiger partial charge in [-0.3, -0.25) is 4.68 Å². The number of hydrogen-bond donors (Lipinski definition) is 0. The van der Waals surface area contributed by atoms with Crippen LogP contribution in [0.2, 0.25) is 0 Å². The summed E-state index contributed by atoms with van der Waals surface area (Å²) in [5, 5.41) is 12.2. The highest BCUT2D eigenvalue weighted by Gasteiger charge is 2.16. The second-order valence-corrected chi connectivity index (χ2v) is 7.19. The number of ether oxygens (including phenoxy) is 1. The Balaban J connectivity index is 1.65. The van der Waals surface area contributed by atoms with Crippen molar-refractivity contribution in [2.75, 3.05) is 0 Å². The minimum atomic E-state index is -0.315. The van der Waals surface area contributed by atoms with Crippen molar-refractivity contribution in [3.63, 3.8) is 0 Å². The minimum absolute atomic E-state index is 0.243. The molecule has 0 unspecified atom stereocenters. The van der Waals surface area contributed by atoms with Crippen molar-refractivity contribution < 1.29 is 4.74 Å². The highest BCUT2D eigenvalue weighted by Crippen LogP contribution is 2.27. The maximum Gasteiger partial charge on any atom is 0.368 e. The first kappa shape index (κ1) is 19.6. The van der Waals surface area contributed by atoms with Crippen LogP contribution in [0.4, 0.5) is 0 Å². The number of aromatic nitrogens is 7. The van der Waals surface area contributed by atoms with Gasteiger partial charge >= 0.3 is 5.69 Å². The monoisotopic (exact) mass is 405 g/mol. The van der Waals surface area contributed by atoms with Crippen molar-refractivity contribution in [2.45, 2.75) is 27.4 Å². The summed E-state index contributed by atoms with van der Waals surface area (Å²) in [4.78, 5) is 17.0. The molecule has 0 atom stereocenters. The van der Waals surface area contributed by atoms with Crippen molar-refractivity contribution in [3.05, 3.63) is 69.4 Å². The predicted octanol–water partition coefficient (Wildman–Crippen LogP) is 2.27. The fourth-order valence-electron chi connectivity index (χ4n) is 3.46. The van der Waals surface area contributed by atoms with Crippen LogP contribution in [0.5, 0.6) is 5.88 Å². The lowest BCUT2D eigenvalue weighted by Gasteiger charge is -2.13. The second kappa shape index (κ2) is 7.58. The molecule has 0 saturated heterocycles. The normalized spacial score (nSPS) is 11.1. The van der Waals surface area contributed by atoms with Gasteiger partial charge < -0.3 is 4.74 Å². The van der Waals surface area contributed by atoms with Crippen LogP contribution in [0.3, 0.4) is 0 Å². The van der Waals surface area contributed by atoms with Gasteiger partial charge in [0.1, 0.15) is 6.61 Å². The molecule has 3 heterocycles. The van der Waals surface area contributed by atoms with Gasteiger partial charge in [-0.2, -0.15) is 14.5 Å². The van der Waals surface area contributed by atoms with Crippen molar-refractivity contribution in [1.82, 2.24) is 34.6 Å². The Hall–Kier alpha value is -3.75. The quantitative estimate of drug-likeness (QED) is 0.506. The van der Waals surface area contributed by atoms with Gasteiger partial charge in [0.2, 0.25) is 5.88 Å². The van der Waals surface area contributed by atoms with Crippen LogP contribution in [0, 0.1) is 20.8 Å². The Kier molecular flexibility index (Phi) is 4.94. The molecule has 0 N–H and O–H groups in total. The van der Waals surface area contributed by atoms with E-state index in [-0.39, 0.29) is 12.3 Å². The van der Waals surface area contributed by atoms with Gasteiger partial charge in [-0.1, -0.05) is 18.2 Å². The van der Waals surface area contributed by atoms with Gasteiger partial charge in [0.25, 0.3) is 0 Å². The number of hydrogen-bond acceptors (Lipinski definition) is 6. The predicted molar refractivity (Wildman–Crippen MR) is 112 cm³/mol. The lowest BCUT2D eigenvalue weighted by atomic mass is 10.1. The molecule has 154 valence electrons. The third-order valence-electron chi connectivity index (χ3n) is 5.19. The number of benzene rings is 1. The summed E-state index contributed by atoms with van der Waals surface area (Å²) in [6, 6.07) is 11.3. The summed E-state index contributed by atoms with van der Waals surface area (Å²) in [5.41, 5.74) is 5.94. The van der Waals surface area contributed by atoms with E-state index in [1.54, 1.807) is 7.05 Å². The summed E-state index contributed by atoms with van der Waals surface area (Å²) in [5.74, 6) is 0.496. The Morgan fingerprint density at radius 3 is 2.40 bits per heavy atom. The molecule has 9 heteroatoms. The standard InChI is InChI=1S/C21H23N7O2/c1-13-8-6-10-18(28-21(29)27(5)24-25-28)16(13)12-30-19-11-7-9-17(22-19)20-14(2)23-26(4)15(20)3/h6-11H,12H2,1-5H3. The van der Waals surface area contributed by atoms with Crippen molar-refractivity contribution in [2.24, 2.45) is 14.1 Å². The van der Waals surface area contributed by atoms with Gasteiger partial charge in [-0.05, 0) is 48.9 Å². The zero-order chi connectivity index (χ0) is 21.4. The van der Waals surface area contributed by atoms with Crippen LogP contribution in [0.25, 0.3) is 16.9 Å². The molecule has 3 aromatic heterocycles. The molecule has 30 heavy (non-hydrogen) atoms. The molecule has 0 aliphatic rings. The summed E-state index contributed by atoms with van der Waals surface area (Å²) >= 11 is 0. The fourth-order valence-corrected chi connectivity index (χ4v) is 3.46. The molecule has 0 bridgehead atoms. The summed E-state index contributed by atoms with van der Waals surface area (Å²) in [6.45, 7) is 6.20. The van der Waals surface area contributed by atoms with E-state index in [1.807, 2.05) is 68.9 Å². The van der Waals surface area contributed by atoms with Crippen molar-refractivity contribution in [3.8, 4) is 22.8 Å². The smallest absolute Gasteiger partial charge is 0.368 e. The number of tetrazole rings is 1. The van der Waals surface area contributed by atoms with Crippen LogP contribution in [0.1, 0.15) is 22.5 Å². The first-order valence-corrected chi connectivity index (χ1v) is 9.55. The largest absolute Gasteiger partial charge is 0.473 e. The first-order valence-electron chi connectivity index (χ1n) is 9.55. The maximum absolute atomic E-state index is 12.3. The molecule has 0 spiro atoms. The molecule has 4 rings (SSSR count). The minimum Gasteiger partial charge on any atom is -0.473 e. The molecule has 0 aliphatic heterocycles. The van der Waals surface area contributed by atoms with E-state index in [4.69, 9.17) is 4.74 Å². The van der Waals surface area contributed by atoms with E-state index in [0.29, 0.717) is 11.6 Å². The Labute approximate surface area is 173 Å². The average molecular weight is 405 g/mol. The van der Waals surface area contributed by atoms with Crippen LogP contribution in [0.15, 0.2) is 41.2 Å². The molecule has 4 aromatic rings. The summed E-state index contributed by atoms with van der Waals surface area (Å²) < 4.78 is 10.3. The molecule has 0 radical (unpaired) electrons. The van der Waals surface area contributed by atoms with Gasteiger partial charge in [0, 0.05) is 37.0 Å². The summed E-state index contributed by atoms with van der Waals surface area (Å²) in [6.07, 6.45) is 0. The van der Waals surface area contributed by atoms with Crippen LogP contribution in [-0.4, -0.2) is 34.6 Å². The van der Waals surface area contributed by atoms with Crippen LogP contribution < -0.4 is 10.4 Å². The molecular weight excluding hydrogens is 382 g/mol. The van der Waals surface area contributed by atoms with E-state index in [2.05, 4.69) is 20.5 Å². The lowest BCUT2D eigenvalue weighted by molar-refractivity contribution is 0.293. The highest BCUT2D eigenvalue weighted by molar-refractivity contribution is 5.65. The first-order chi connectivity index (χ1) is 14.4. The van der Waals surface area contributed by atoms with E-state index < -0.39 is 0 Å².